The maximum Gasteiger partial charge on any atom is 0.117 e. The lowest BCUT2D eigenvalue weighted by molar-refractivity contribution is 0.953. The molecule has 0 saturated heterocycles. The average Bonchev–Trinajstić information content (AvgIpc) is 2.64. The number of nitrogens with one attached hydrogen (secondary N) is 2. The topological polar surface area (TPSA) is 83.1 Å². The molecule has 3 aromatic rings. The summed E-state index contributed by atoms with van der Waals surface area (Å²) in [6.07, 6.45) is 0. The normalized spacial score (nSPS) is 11.3. The van der Waals surface area contributed by atoms with Crippen LogP contribution in [0, 0.1) is 0 Å². The fourth-order valence-corrected chi connectivity index (χ4v) is 1.19. The standard InChI is InChI=1S/C6H4N6.2H2/c1-3-5(9-11-7-3)2-6-4(1)8-12-10-6;;/h1-2,7,11H;2*1H. The first-order valence-electron chi connectivity index (χ1n) is 3.45. The van der Waals surface area contributed by atoms with Crippen molar-refractivity contribution in [3.63, 3.8) is 0 Å². The van der Waals surface area contributed by atoms with Gasteiger partial charge in [-0.3, -0.25) is 5.10 Å². The van der Waals surface area contributed by atoms with E-state index in [0.29, 0.717) is 0 Å². The second-order valence-corrected chi connectivity index (χ2v) is 2.50. The first kappa shape index (κ1) is 5.64. The third-order valence-electron chi connectivity index (χ3n) is 1.76. The van der Waals surface area contributed by atoms with Crippen LogP contribution in [0.5, 0.6) is 0 Å². The molecule has 2 N–H and O–H groups in total. The highest BCUT2D eigenvalue weighted by Gasteiger charge is 2.02. The van der Waals surface area contributed by atoms with Gasteiger partial charge in [0, 0.05) is 2.85 Å². The predicted octanol–water partition coefficient (Wildman–Crippen LogP) is 0.721. The molecule has 1 aromatic carbocycles. The van der Waals surface area contributed by atoms with Gasteiger partial charge in [0.25, 0.3) is 0 Å². The number of rotatable bonds is 0. The van der Waals surface area contributed by atoms with Gasteiger partial charge in [-0.1, -0.05) is 0 Å². The van der Waals surface area contributed by atoms with Gasteiger partial charge in [-0.2, -0.15) is 5.10 Å². The van der Waals surface area contributed by atoms with E-state index < -0.39 is 0 Å². The molecular weight excluding hydrogens is 156 g/mol. The minimum absolute atomic E-state index is 0. The maximum absolute atomic E-state index is 3.97. The third-order valence-corrected chi connectivity index (χ3v) is 1.76. The number of hydrogen-bond donors (Lipinski definition) is 2. The molecule has 12 heavy (non-hydrogen) atoms. The number of H-pyrrole nitrogens is 2. The molecule has 0 aliphatic carbocycles. The SMILES string of the molecule is [HH].[HH].c1c2nnnc2cc2[nH][nH]nc12. The Morgan fingerprint density at radius 1 is 1.08 bits per heavy atom. The van der Waals surface area contributed by atoms with Crippen molar-refractivity contribution in [1.82, 2.24) is 30.8 Å². The van der Waals surface area contributed by atoms with E-state index in [1.807, 2.05) is 12.1 Å². The van der Waals surface area contributed by atoms with E-state index in [1.54, 1.807) is 0 Å². The molecule has 0 fully saturated rings. The van der Waals surface area contributed by atoms with Crippen molar-refractivity contribution in [1.29, 1.82) is 0 Å². The average molecular weight is 164 g/mol. The van der Waals surface area contributed by atoms with E-state index in [4.69, 9.17) is 0 Å². The third kappa shape index (κ3) is 0.584. The fourth-order valence-electron chi connectivity index (χ4n) is 1.19. The van der Waals surface area contributed by atoms with Gasteiger partial charge in [0.1, 0.15) is 16.6 Å². The lowest BCUT2D eigenvalue weighted by Crippen LogP contribution is -1.71. The summed E-state index contributed by atoms with van der Waals surface area (Å²) in [5, 5.41) is 20.7. The zero-order valence-electron chi connectivity index (χ0n) is 5.94. The second-order valence-electron chi connectivity index (χ2n) is 2.50. The molecule has 0 bridgehead atoms. The Balaban J connectivity index is 0.000000490. The Morgan fingerprint density at radius 3 is 2.83 bits per heavy atom. The van der Waals surface area contributed by atoms with E-state index in [0.717, 1.165) is 22.1 Å². The molecule has 0 atom stereocenters. The van der Waals surface area contributed by atoms with Gasteiger partial charge < -0.3 is 0 Å². The highest BCUT2D eigenvalue weighted by molar-refractivity contribution is 5.89. The van der Waals surface area contributed by atoms with Gasteiger partial charge in [0.15, 0.2) is 0 Å². The van der Waals surface area contributed by atoms with Crippen molar-refractivity contribution in [3.8, 4) is 0 Å². The second kappa shape index (κ2) is 1.79. The molecule has 0 amide bonds. The Hall–Kier alpha value is -1.98. The molecule has 6 heteroatoms. The molecule has 0 aliphatic rings. The highest BCUT2D eigenvalue weighted by atomic mass is 15.3. The maximum atomic E-state index is 3.97. The summed E-state index contributed by atoms with van der Waals surface area (Å²) in [5.41, 5.74) is 3.29. The molecule has 0 radical (unpaired) electrons. The molecule has 6 nitrogen and oxygen atoms in total. The van der Waals surface area contributed by atoms with Crippen LogP contribution in [0.25, 0.3) is 22.1 Å². The smallest absolute Gasteiger partial charge is 0.117 e. The van der Waals surface area contributed by atoms with Crippen LogP contribution in [-0.4, -0.2) is 30.8 Å². The number of fused-ring (bicyclic) bond motifs is 2. The van der Waals surface area contributed by atoms with Crippen LogP contribution in [0.15, 0.2) is 12.1 Å². The summed E-state index contributed by atoms with van der Waals surface area (Å²) < 4.78 is 0. The molecule has 0 aliphatic heterocycles. The summed E-state index contributed by atoms with van der Waals surface area (Å²) in [4.78, 5) is 0. The molecule has 62 valence electrons. The van der Waals surface area contributed by atoms with Gasteiger partial charge in [-0.15, -0.1) is 10.2 Å². The van der Waals surface area contributed by atoms with Crippen molar-refractivity contribution in [2.75, 3.05) is 0 Å². The zero-order valence-corrected chi connectivity index (χ0v) is 5.94. The van der Waals surface area contributed by atoms with E-state index in [-0.39, 0.29) is 2.85 Å². The molecule has 0 unspecified atom stereocenters. The van der Waals surface area contributed by atoms with Crippen LogP contribution >= 0.6 is 0 Å². The summed E-state index contributed by atoms with van der Waals surface area (Å²) in [6, 6.07) is 3.69. The molecule has 2 aromatic heterocycles. The van der Waals surface area contributed by atoms with Gasteiger partial charge >= 0.3 is 0 Å². The van der Waals surface area contributed by atoms with Gasteiger partial charge in [-0.25, -0.2) is 5.21 Å². The quantitative estimate of drug-likeness (QED) is 0.512. The van der Waals surface area contributed by atoms with E-state index >= 15 is 0 Å². The Bertz CT molecular complexity index is 452. The minimum Gasteiger partial charge on any atom is -0.283 e. The summed E-state index contributed by atoms with van der Waals surface area (Å²) >= 11 is 0. The lowest BCUT2D eigenvalue weighted by Gasteiger charge is -1.84. The number of aromatic amines is 2. The van der Waals surface area contributed by atoms with Crippen molar-refractivity contribution in [3.05, 3.63) is 12.1 Å². The Labute approximate surface area is 68.9 Å². The summed E-state index contributed by atoms with van der Waals surface area (Å²) in [6.45, 7) is 0. The van der Waals surface area contributed by atoms with Crippen LogP contribution in [0.3, 0.4) is 0 Å². The molecule has 3 rings (SSSR count). The van der Waals surface area contributed by atoms with E-state index in [2.05, 4.69) is 30.8 Å². The van der Waals surface area contributed by atoms with Crippen LogP contribution in [0.1, 0.15) is 2.85 Å². The number of nitrogens with zero attached hydrogens (tertiary/aromatic N) is 4. The molecular formula is C6H8N6. The predicted molar refractivity (Wildman–Crippen MR) is 45.6 cm³/mol. The molecule has 2 heterocycles. The number of hydrogen-bond acceptors (Lipinski definition) is 4. The monoisotopic (exact) mass is 164 g/mol. The Morgan fingerprint density at radius 2 is 1.92 bits per heavy atom. The lowest BCUT2D eigenvalue weighted by atomic mass is 10.3. The number of aromatic nitrogens is 6. The van der Waals surface area contributed by atoms with E-state index in [1.165, 1.54) is 0 Å². The first-order chi connectivity index (χ1) is 5.93. The van der Waals surface area contributed by atoms with Crippen LogP contribution in [0.4, 0.5) is 0 Å². The molecule has 0 spiro atoms. The first-order valence-corrected chi connectivity index (χ1v) is 3.45. The van der Waals surface area contributed by atoms with Gasteiger partial charge in [0.05, 0.1) is 5.52 Å². The molecule has 0 saturated carbocycles. The van der Waals surface area contributed by atoms with Gasteiger partial charge in [0.2, 0.25) is 0 Å². The fraction of sp³-hybridized carbons (Fsp3) is 0. The van der Waals surface area contributed by atoms with Crippen molar-refractivity contribution in [2.24, 2.45) is 0 Å². The van der Waals surface area contributed by atoms with Gasteiger partial charge in [-0.05, 0) is 17.3 Å². The summed E-state index contributed by atoms with van der Waals surface area (Å²) in [7, 11) is 0. The highest BCUT2D eigenvalue weighted by Crippen LogP contribution is 2.14. The van der Waals surface area contributed by atoms with Crippen LogP contribution in [0.2, 0.25) is 0 Å². The minimum atomic E-state index is 0. The zero-order chi connectivity index (χ0) is 7.97. The van der Waals surface area contributed by atoms with Crippen LogP contribution < -0.4 is 0 Å². The van der Waals surface area contributed by atoms with Crippen molar-refractivity contribution in [2.45, 2.75) is 0 Å². The van der Waals surface area contributed by atoms with Crippen LogP contribution in [-0.2, 0) is 0 Å². The van der Waals surface area contributed by atoms with E-state index in [9.17, 15) is 0 Å². The Kier molecular flexibility index (Phi) is 0.840. The van der Waals surface area contributed by atoms with Crippen molar-refractivity contribution < 1.29 is 2.85 Å². The number of benzene rings is 1. The van der Waals surface area contributed by atoms with Crippen molar-refractivity contribution >= 4 is 22.1 Å². The largest absolute Gasteiger partial charge is 0.283 e. The summed E-state index contributed by atoms with van der Waals surface area (Å²) in [5.74, 6) is 0.